The Hall–Kier alpha value is -2.96. The summed E-state index contributed by atoms with van der Waals surface area (Å²) >= 11 is 0. The minimum absolute atomic E-state index is 0.0850. The van der Waals surface area contributed by atoms with Gasteiger partial charge in [-0.15, -0.1) is 0 Å². The van der Waals surface area contributed by atoms with Crippen molar-refractivity contribution >= 4 is 15.9 Å². The molecule has 0 bridgehead atoms. The van der Waals surface area contributed by atoms with Crippen LogP contribution in [0.15, 0.2) is 83.8 Å². The van der Waals surface area contributed by atoms with E-state index < -0.39 is 10.0 Å². The molecule has 1 unspecified atom stereocenters. The lowest BCUT2D eigenvalue weighted by Crippen LogP contribution is -2.29. The second-order valence-corrected chi connectivity index (χ2v) is 9.19. The highest BCUT2D eigenvalue weighted by Gasteiger charge is 2.21. The number of carbonyl (C=O) groups is 1. The van der Waals surface area contributed by atoms with E-state index in [0.29, 0.717) is 5.56 Å². The van der Waals surface area contributed by atoms with Crippen LogP contribution in [0.25, 0.3) is 0 Å². The van der Waals surface area contributed by atoms with Gasteiger partial charge in [-0.2, -0.15) is 0 Å². The highest BCUT2D eigenvalue weighted by atomic mass is 32.2. The Morgan fingerprint density at radius 1 is 0.862 bits per heavy atom. The van der Waals surface area contributed by atoms with Gasteiger partial charge in [0.1, 0.15) is 0 Å². The standard InChI is InChI=1S/C23H24N2O3S/c1-17-12-14-19(15-13-17)22(18-8-5-4-6-9-18)24-23(26)20-10-7-11-21(16-20)29(27,28)25(2)3/h4-16,22H,1-3H3,(H,24,26). The fourth-order valence-corrected chi connectivity index (χ4v) is 3.93. The van der Waals surface area contributed by atoms with Crippen LogP contribution in [0.3, 0.4) is 0 Å². The first-order chi connectivity index (χ1) is 13.8. The van der Waals surface area contributed by atoms with Crippen LogP contribution in [-0.2, 0) is 10.0 Å². The van der Waals surface area contributed by atoms with Gasteiger partial charge in [0.25, 0.3) is 5.91 Å². The Labute approximate surface area is 172 Å². The first-order valence-electron chi connectivity index (χ1n) is 9.24. The van der Waals surface area contributed by atoms with Gasteiger partial charge in [0.05, 0.1) is 10.9 Å². The van der Waals surface area contributed by atoms with Crippen molar-refractivity contribution in [3.05, 3.63) is 101 Å². The molecule has 0 radical (unpaired) electrons. The monoisotopic (exact) mass is 408 g/mol. The first kappa shape index (κ1) is 20.8. The lowest BCUT2D eigenvalue weighted by atomic mass is 9.97. The highest BCUT2D eigenvalue weighted by molar-refractivity contribution is 7.89. The summed E-state index contributed by atoms with van der Waals surface area (Å²) in [6.45, 7) is 2.01. The molecule has 0 aliphatic carbocycles. The zero-order valence-electron chi connectivity index (χ0n) is 16.7. The number of rotatable bonds is 6. The van der Waals surface area contributed by atoms with Crippen molar-refractivity contribution in [2.45, 2.75) is 17.9 Å². The number of nitrogens with zero attached hydrogens (tertiary/aromatic N) is 1. The maximum atomic E-state index is 13.0. The SMILES string of the molecule is Cc1ccc(C(NC(=O)c2cccc(S(=O)(=O)N(C)C)c2)c2ccccc2)cc1. The minimum atomic E-state index is -3.62. The molecule has 6 heteroatoms. The summed E-state index contributed by atoms with van der Waals surface area (Å²) in [5, 5.41) is 3.05. The number of benzene rings is 3. The molecule has 29 heavy (non-hydrogen) atoms. The third-order valence-electron chi connectivity index (χ3n) is 4.69. The van der Waals surface area contributed by atoms with Crippen LogP contribution in [0.1, 0.15) is 33.1 Å². The van der Waals surface area contributed by atoms with Crippen molar-refractivity contribution in [2.75, 3.05) is 14.1 Å². The number of aryl methyl sites for hydroxylation is 1. The molecule has 0 aliphatic rings. The number of hydrogen-bond donors (Lipinski definition) is 1. The molecule has 0 saturated carbocycles. The third kappa shape index (κ3) is 4.72. The van der Waals surface area contributed by atoms with Gasteiger partial charge in [-0.1, -0.05) is 66.2 Å². The fourth-order valence-electron chi connectivity index (χ4n) is 2.99. The van der Waals surface area contributed by atoms with Gasteiger partial charge in [0, 0.05) is 19.7 Å². The van der Waals surface area contributed by atoms with E-state index in [1.807, 2.05) is 61.5 Å². The van der Waals surface area contributed by atoms with E-state index in [0.717, 1.165) is 21.0 Å². The molecule has 1 atom stereocenters. The van der Waals surface area contributed by atoms with E-state index in [1.165, 1.54) is 26.2 Å². The molecule has 0 spiro atoms. The van der Waals surface area contributed by atoms with Crippen LogP contribution in [0.4, 0.5) is 0 Å². The predicted octanol–water partition coefficient (Wildman–Crippen LogP) is 3.76. The molecular formula is C23H24N2O3S. The summed E-state index contributed by atoms with van der Waals surface area (Å²) < 4.78 is 25.9. The molecule has 0 aliphatic heterocycles. The molecule has 5 nitrogen and oxygen atoms in total. The van der Waals surface area contributed by atoms with Gasteiger partial charge in [0.15, 0.2) is 0 Å². The zero-order valence-corrected chi connectivity index (χ0v) is 17.5. The maximum Gasteiger partial charge on any atom is 0.252 e. The van der Waals surface area contributed by atoms with Gasteiger partial charge in [0.2, 0.25) is 10.0 Å². The molecule has 0 fully saturated rings. The Balaban J connectivity index is 1.94. The predicted molar refractivity (Wildman–Crippen MR) is 114 cm³/mol. The molecule has 0 aromatic heterocycles. The Bertz CT molecular complexity index is 1090. The van der Waals surface area contributed by atoms with Gasteiger partial charge in [-0.3, -0.25) is 4.79 Å². The zero-order chi connectivity index (χ0) is 21.0. The first-order valence-corrected chi connectivity index (χ1v) is 10.7. The van der Waals surface area contributed by atoms with Crippen molar-refractivity contribution in [3.8, 4) is 0 Å². The van der Waals surface area contributed by atoms with Crippen LogP contribution in [0.5, 0.6) is 0 Å². The van der Waals surface area contributed by atoms with Crippen molar-refractivity contribution in [1.29, 1.82) is 0 Å². The van der Waals surface area contributed by atoms with E-state index in [1.54, 1.807) is 12.1 Å². The van der Waals surface area contributed by atoms with Crippen LogP contribution < -0.4 is 5.32 Å². The summed E-state index contributed by atoms with van der Waals surface area (Å²) in [4.78, 5) is 13.1. The topological polar surface area (TPSA) is 66.5 Å². The van der Waals surface area contributed by atoms with E-state index >= 15 is 0 Å². The van der Waals surface area contributed by atoms with E-state index in [9.17, 15) is 13.2 Å². The normalized spacial score (nSPS) is 12.6. The van der Waals surface area contributed by atoms with Crippen LogP contribution in [0.2, 0.25) is 0 Å². The third-order valence-corrected chi connectivity index (χ3v) is 6.50. The van der Waals surface area contributed by atoms with Crippen LogP contribution in [0, 0.1) is 6.92 Å². The van der Waals surface area contributed by atoms with E-state index in [2.05, 4.69) is 5.32 Å². The van der Waals surface area contributed by atoms with Gasteiger partial charge in [-0.05, 0) is 36.2 Å². The van der Waals surface area contributed by atoms with Gasteiger partial charge < -0.3 is 5.32 Å². The van der Waals surface area contributed by atoms with Crippen molar-refractivity contribution in [1.82, 2.24) is 9.62 Å². The molecule has 0 heterocycles. The smallest absolute Gasteiger partial charge is 0.252 e. The van der Waals surface area contributed by atoms with Crippen molar-refractivity contribution in [3.63, 3.8) is 0 Å². The lowest BCUT2D eigenvalue weighted by molar-refractivity contribution is 0.0942. The van der Waals surface area contributed by atoms with E-state index in [4.69, 9.17) is 0 Å². The summed E-state index contributed by atoms with van der Waals surface area (Å²) in [6, 6.07) is 23.4. The largest absolute Gasteiger partial charge is 0.341 e. The van der Waals surface area contributed by atoms with E-state index in [-0.39, 0.29) is 16.8 Å². The number of nitrogens with one attached hydrogen (secondary N) is 1. The van der Waals surface area contributed by atoms with Gasteiger partial charge >= 0.3 is 0 Å². The molecule has 3 rings (SSSR count). The summed E-state index contributed by atoms with van der Waals surface area (Å²) in [6.07, 6.45) is 0. The molecule has 3 aromatic carbocycles. The fraction of sp³-hybridized carbons (Fsp3) is 0.174. The van der Waals surface area contributed by atoms with Crippen LogP contribution in [-0.4, -0.2) is 32.7 Å². The Morgan fingerprint density at radius 2 is 1.48 bits per heavy atom. The van der Waals surface area contributed by atoms with Crippen molar-refractivity contribution < 1.29 is 13.2 Å². The van der Waals surface area contributed by atoms with Crippen molar-refractivity contribution in [2.24, 2.45) is 0 Å². The quantitative estimate of drug-likeness (QED) is 0.675. The minimum Gasteiger partial charge on any atom is -0.341 e. The maximum absolute atomic E-state index is 13.0. The molecule has 150 valence electrons. The Morgan fingerprint density at radius 3 is 2.10 bits per heavy atom. The summed E-state index contributed by atoms with van der Waals surface area (Å²) in [7, 11) is -0.691. The molecular weight excluding hydrogens is 384 g/mol. The summed E-state index contributed by atoms with van der Waals surface area (Å²) in [5.74, 6) is -0.338. The highest BCUT2D eigenvalue weighted by Crippen LogP contribution is 2.23. The molecule has 1 N–H and O–H groups in total. The average molecular weight is 409 g/mol. The number of amides is 1. The molecule has 0 saturated heterocycles. The number of hydrogen-bond acceptors (Lipinski definition) is 3. The van der Waals surface area contributed by atoms with Gasteiger partial charge in [-0.25, -0.2) is 12.7 Å². The molecule has 3 aromatic rings. The number of carbonyl (C=O) groups excluding carboxylic acids is 1. The molecule has 1 amide bonds. The average Bonchev–Trinajstić information content (AvgIpc) is 2.73. The second kappa shape index (κ2) is 8.59. The number of sulfonamides is 1. The summed E-state index contributed by atoms with van der Waals surface area (Å²) in [5.41, 5.74) is 3.32. The lowest BCUT2D eigenvalue weighted by Gasteiger charge is -2.20. The second-order valence-electron chi connectivity index (χ2n) is 7.04. The Kier molecular flexibility index (Phi) is 6.15. The van der Waals surface area contributed by atoms with Crippen LogP contribution >= 0.6 is 0 Å².